The molecular weight excluding hydrogens is 1070 g/mol. The normalized spacial score (nSPS) is 11.9. The lowest BCUT2D eigenvalue weighted by Crippen LogP contribution is -2.52. The van der Waals surface area contributed by atoms with Gasteiger partial charge in [0.1, 0.15) is 17.6 Å². The Morgan fingerprint density at radius 2 is 1.45 bits per heavy atom. The van der Waals surface area contributed by atoms with Crippen molar-refractivity contribution in [3.8, 4) is 17.5 Å². The summed E-state index contributed by atoms with van der Waals surface area (Å²) in [6.07, 6.45) is 4.74. The second-order valence-corrected chi connectivity index (χ2v) is 17.9. The van der Waals surface area contributed by atoms with Crippen LogP contribution in [0.15, 0.2) is 53.3 Å². The largest absolute Gasteiger partial charge is 0.493 e. The summed E-state index contributed by atoms with van der Waals surface area (Å²) in [4.78, 5) is 124. The number of imidazole rings is 1. The average molecular weight is 1150 g/mol. The van der Waals surface area contributed by atoms with Crippen molar-refractivity contribution in [2.75, 3.05) is 91.9 Å². The molecule has 0 aliphatic rings. The van der Waals surface area contributed by atoms with Crippen molar-refractivity contribution in [2.24, 2.45) is 0 Å². The van der Waals surface area contributed by atoms with Gasteiger partial charge in [0.15, 0.2) is 24.4 Å². The zero-order chi connectivity index (χ0) is 60.5. The molecule has 0 saturated heterocycles. The van der Waals surface area contributed by atoms with Gasteiger partial charge in [0.2, 0.25) is 23.6 Å². The molecule has 0 spiro atoms. The number of hydrogen-bond donors (Lipinski definition) is 7. The summed E-state index contributed by atoms with van der Waals surface area (Å²) >= 11 is 0. The number of nitrogens with one attached hydrogen (secondary N) is 6. The van der Waals surface area contributed by atoms with Crippen LogP contribution in [0, 0.1) is 0 Å². The molecule has 27 nitrogen and oxygen atoms in total. The molecule has 0 bridgehead atoms. The van der Waals surface area contributed by atoms with Crippen molar-refractivity contribution in [3.63, 3.8) is 0 Å². The van der Waals surface area contributed by atoms with E-state index < -0.39 is 59.9 Å². The molecule has 0 radical (unpaired) electrons. The maximum absolute atomic E-state index is 12.8. The van der Waals surface area contributed by atoms with Crippen molar-refractivity contribution in [3.05, 3.63) is 75.7 Å². The summed E-state index contributed by atoms with van der Waals surface area (Å²) in [6.45, 7) is 9.56. The highest BCUT2D eigenvalue weighted by atomic mass is 16.6. The number of fused-ring (bicyclic) bond motifs is 1. The number of nitrogens with zero attached hydrogens (tertiary/aromatic N) is 3. The maximum Gasteiger partial charge on any atom is 0.328 e. The summed E-state index contributed by atoms with van der Waals surface area (Å²) < 4.78 is 52.4. The average Bonchev–Trinajstić information content (AvgIpc) is 4.08. The third-order valence-corrected chi connectivity index (χ3v) is 11.6. The second-order valence-electron chi connectivity index (χ2n) is 17.9. The van der Waals surface area contributed by atoms with Gasteiger partial charge in [0.25, 0.3) is 5.91 Å². The Morgan fingerprint density at radius 3 is 2.12 bits per heavy atom. The highest BCUT2D eigenvalue weighted by Gasteiger charge is 2.26. The highest BCUT2D eigenvalue weighted by molar-refractivity contribution is 5.96. The van der Waals surface area contributed by atoms with Crippen LogP contribution in [0.4, 0.5) is 5.82 Å². The molecular formula is C55H76N10O17. The third-order valence-electron chi connectivity index (χ3n) is 11.6. The van der Waals surface area contributed by atoms with Crippen LogP contribution in [0.2, 0.25) is 1.41 Å². The number of unbranched alkanes of at least 4 members (excludes halogenated alkanes) is 1. The summed E-state index contributed by atoms with van der Waals surface area (Å²) in [7, 11) is 1.35. The number of hydrogen-bond acceptors (Lipinski definition) is 20. The van der Waals surface area contributed by atoms with Crippen molar-refractivity contribution >= 4 is 70.5 Å². The lowest BCUT2D eigenvalue weighted by molar-refractivity contribution is -0.149. The Hall–Kier alpha value is -8.43. The van der Waals surface area contributed by atoms with Crippen molar-refractivity contribution in [1.82, 2.24) is 46.1 Å². The summed E-state index contributed by atoms with van der Waals surface area (Å²) in [5.41, 5.74) is 8.02. The molecule has 2 aromatic heterocycles. The fourth-order valence-electron chi connectivity index (χ4n) is 7.26. The Kier molecular flexibility index (Phi) is 28.9. The number of rotatable bonds is 39. The standard InChI is InChI=1S/C55H76N10O17/c1-6-9-28-81-54-63-49(56)48-50(64-54)65(55(74)62-48)35-38-12-16-39(17-13-38)52(72)58-25-11-27-77-30-32-78-31-29-76-26-10-24-57-43(66)21-23-47(70)82-41-19-14-37(33-42(41)75-5)15-20-44(67)59-34-45(68)60-36(4)51(71)61-40(53(73)80-8-3)18-22-46(69)79-7-2/h12-17,19-20,33,36,40H,6-11,18,21-32,34-35H2,1-5H3,(H,57,66)(H,58,72)(H,59,67)(H,60,68)(H,61,71)(H,62,74)(H2,56,63,64)/b20-15+/t36-,40-/m0/s1/i/hD. The van der Waals surface area contributed by atoms with Gasteiger partial charge < -0.3 is 75.2 Å². The molecule has 2 aromatic carbocycles. The van der Waals surface area contributed by atoms with E-state index in [9.17, 15) is 43.2 Å². The van der Waals surface area contributed by atoms with E-state index in [0.717, 1.165) is 24.5 Å². The Labute approximate surface area is 475 Å². The Bertz CT molecular complexity index is 2860. The minimum Gasteiger partial charge on any atom is -0.493 e. The molecule has 0 aliphatic heterocycles. The first-order valence-corrected chi connectivity index (χ1v) is 27.0. The van der Waals surface area contributed by atoms with Gasteiger partial charge in [-0.05, 0) is 87.9 Å². The summed E-state index contributed by atoms with van der Waals surface area (Å²) in [6, 6.07) is 8.86. The first-order valence-electron chi connectivity index (χ1n) is 27.5. The van der Waals surface area contributed by atoms with Crippen LogP contribution in [0.25, 0.3) is 17.2 Å². The predicted octanol–water partition coefficient (Wildman–Crippen LogP) is 2.02. The number of carbonyl (C=O) groups is 8. The molecule has 27 heteroatoms. The van der Waals surface area contributed by atoms with Crippen LogP contribution in [0.1, 0.15) is 101 Å². The van der Waals surface area contributed by atoms with Crippen LogP contribution in [-0.2, 0) is 63.8 Å². The van der Waals surface area contributed by atoms with Crippen molar-refractivity contribution in [1.29, 1.82) is 0 Å². The molecule has 4 rings (SSSR count). The minimum atomic E-state index is -1.38. The van der Waals surface area contributed by atoms with Crippen molar-refractivity contribution in [2.45, 2.75) is 97.7 Å². The highest BCUT2D eigenvalue weighted by Crippen LogP contribution is 2.29. The van der Waals surface area contributed by atoms with E-state index >= 15 is 0 Å². The number of benzene rings is 2. The van der Waals surface area contributed by atoms with Gasteiger partial charge in [-0.25, -0.2) is 9.59 Å². The molecule has 0 unspecified atom stereocenters. The Morgan fingerprint density at radius 1 is 0.768 bits per heavy atom. The van der Waals surface area contributed by atoms with E-state index in [1.807, 2.05) is 6.92 Å². The van der Waals surface area contributed by atoms with E-state index in [-0.39, 0.29) is 80.6 Å². The van der Waals surface area contributed by atoms with Gasteiger partial charge in [-0.2, -0.15) is 9.97 Å². The molecule has 4 aromatic rings. The lowest BCUT2D eigenvalue weighted by atomic mass is 10.1. The number of carbonyl (C=O) groups excluding carboxylic acids is 8. The predicted molar refractivity (Wildman–Crippen MR) is 297 cm³/mol. The minimum absolute atomic E-state index is 0.0168. The van der Waals surface area contributed by atoms with Crippen LogP contribution < -0.4 is 52.2 Å². The number of nitrogen functional groups attached to an aromatic ring is 1. The van der Waals surface area contributed by atoms with E-state index in [1.165, 1.54) is 42.9 Å². The van der Waals surface area contributed by atoms with Gasteiger partial charge >= 0.3 is 29.6 Å². The van der Waals surface area contributed by atoms with E-state index in [4.69, 9.17) is 45.0 Å². The second kappa shape index (κ2) is 36.8. The quantitative estimate of drug-likeness (QED) is 0.0145. The molecule has 0 saturated carbocycles. The van der Waals surface area contributed by atoms with Crippen LogP contribution in [0.5, 0.6) is 17.5 Å². The number of aromatic nitrogens is 4. The van der Waals surface area contributed by atoms with Crippen molar-refractivity contribution < 1.29 is 77.7 Å². The van der Waals surface area contributed by atoms with Gasteiger partial charge in [0.05, 0.1) is 72.9 Å². The number of nitrogens with two attached hydrogens (primary N) is 1. The van der Waals surface area contributed by atoms with Gasteiger partial charge in [-0.1, -0.05) is 31.5 Å². The van der Waals surface area contributed by atoms with E-state index in [1.54, 1.807) is 38.1 Å². The zero-order valence-corrected chi connectivity index (χ0v) is 47.0. The topological polar surface area (TPSA) is 360 Å². The lowest BCUT2D eigenvalue weighted by Gasteiger charge is -2.20. The number of H-pyrrole nitrogens is 1. The van der Waals surface area contributed by atoms with Gasteiger partial charge in [-0.3, -0.25) is 38.1 Å². The molecule has 82 heavy (non-hydrogen) atoms. The van der Waals surface area contributed by atoms with Gasteiger partial charge in [-0.15, -0.1) is 0 Å². The first-order chi connectivity index (χ1) is 40.0. The number of anilines is 1. The number of ether oxygens (including phenoxy) is 8. The number of esters is 3. The van der Waals surface area contributed by atoms with E-state index in [2.05, 4.69) is 36.2 Å². The first kappa shape index (κ1) is 64.4. The molecule has 0 aliphatic carbocycles. The SMILES string of the molecule is [2H]N(C(=O)CNC(=O)/C=C/c1ccc(OC(=O)CCC(=O)NCCCOCCOCCOCCCNC(=O)c2ccc(Cn3c(=O)[nH]c4c(N)nc(OCCCC)nc43)cc2)c(OC)c1)[C@@H](C)C(=O)N[C@@H](CCC(=O)OCC)C(=O)OCC. The molecule has 8 N–H and O–H groups in total. The molecule has 0 fully saturated rings. The third kappa shape index (κ3) is 24.1. The van der Waals surface area contributed by atoms with Crippen LogP contribution in [-0.4, -0.2) is 165 Å². The summed E-state index contributed by atoms with van der Waals surface area (Å²) in [5, 5.41) is 10.7. The number of aromatic amines is 1. The molecule has 448 valence electrons. The molecule has 5 amide bonds. The van der Waals surface area contributed by atoms with Crippen LogP contribution >= 0.6 is 0 Å². The fourth-order valence-corrected chi connectivity index (χ4v) is 7.26. The number of methoxy groups -OCH3 is 1. The molecule has 2 heterocycles. The maximum atomic E-state index is 12.8. The monoisotopic (exact) mass is 1150 g/mol. The van der Waals surface area contributed by atoms with E-state index in [0.29, 0.717) is 99.8 Å². The van der Waals surface area contributed by atoms with Crippen LogP contribution in [0.3, 0.4) is 0 Å². The number of amides is 5. The Balaban J connectivity index is 1.00. The fraction of sp³-hybridized carbons (Fsp3) is 0.509. The van der Waals surface area contributed by atoms with Gasteiger partial charge in [0, 0.05) is 50.8 Å². The molecule has 2 atom stereocenters. The summed E-state index contributed by atoms with van der Waals surface area (Å²) in [5.74, 6) is -4.81. The zero-order valence-electron chi connectivity index (χ0n) is 48.0. The smallest absolute Gasteiger partial charge is 0.328 e.